The first kappa shape index (κ1) is 13.5. The summed E-state index contributed by atoms with van der Waals surface area (Å²) in [5.41, 5.74) is 9.94. The number of nitrogens with two attached hydrogens (primary N) is 1. The van der Waals surface area contributed by atoms with Crippen molar-refractivity contribution in [2.24, 2.45) is 12.8 Å². The number of methoxy groups -OCH3 is 1. The van der Waals surface area contributed by atoms with Crippen LogP contribution >= 0.6 is 0 Å². The maximum absolute atomic E-state index is 6.37. The minimum atomic E-state index is -0.327. The first-order valence-electron chi connectivity index (χ1n) is 6.23. The molecule has 0 bridgehead atoms. The van der Waals surface area contributed by atoms with Gasteiger partial charge < -0.3 is 10.5 Å². The van der Waals surface area contributed by atoms with E-state index in [0.717, 1.165) is 29.1 Å². The van der Waals surface area contributed by atoms with Crippen molar-refractivity contribution in [3.8, 4) is 5.75 Å². The van der Waals surface area contributed by atoms with Crippen LogP contribution in [0.1, 0.15) is 35.6 Å². The van der Waals surface area contributed by atoms with E-state index in [4.69, 9.17) is 10.5 Å². The predicted molar refractivity (Wildman–Crippen MR) is 71.9 cm³/mol. The molecular weight excluding hydrogens is 242 g/mol. The van der Waals surface area contributed by atoms with Crippen LogP contribution in [0.2, 0.25) is 0 Å². The van der Waals surface area contributed by atoms with E-state index in [1.54, 1.807) is 18.0 Å². The molecule has 0 amide bonds. The average molecular weight is 261 g/mol. The van der Waals surface area contributed by atoms with Crippen LogP contribution in [0.4, 0.5) is 0 Å². The van der Waals surface area contributed by atoms with Crippen LogP contribution in [0.3, 0.4) is 0 Å². The van der Waals surface area contributed by atoms with E-state index in [9.17, 15) is 0 Å². The van der Waals surface area contributed by atoms with E-state index in [-0.39, 0.29) is 6.04 Å². The van der Waals surface area contributed by atoms with Crippen molar-refractivity contribution in [2.75, 3.05) is 7.11 Å². The third-order valence-corrected chi connectivity index (χ3v) is 3.16. The second-order valence-corrected chi connectivity index (χ2v) is 4.44. The summed E-state index contributed by atoms with van der Waals surface area (Å²) < 4.78 is 7.05. The molecule has 6 nitrogen and oxygen atoms in total. The second kappa shape index (κ2) is 5.36. The third-order valence-electron chi connectivity index (χ3n) is 3.16. The summed E-state index contributed by atoms with van der Waals surface area (Å²) in [7, 11) is 3.47. The van der Waals surface area contributed by atoms with Crippen LogP contribution in [0, 0.1) is 6.92 Å². The molecule has 1 atom stereocenters. The van der Waals surface area contributed by atoms with E-state index in [1.807, 2.05) is 27.0 Å². The maximum Gasteiger partial charge on any atom is 0.161 e. The Labute approximate surface area is 112 Å². The molecule has 2 heterocycles. The number of aromatic nitrogens is 4. The van der Waals surface area contributed by atoms with Crippen molar-refractivity contribution in [1.82, 2.24) is 20.0 Å². The van der Waals surface area contributed by atoms with Gasteiger partial charge in [-0.25, -0.2) is 0 Å². The zero-order valence-electron chi connectivity index (χ0n) is 11.7. The Balaban J connectivity index is 2.51. The average Bonchev–Trinajstić information content (AvgIpc) is 2.79. The van der Waals surface area contributed by atoms with Gasteiger partial charge >= 0.3 is 0 Å². The van der Waals surface area contributed by atoms with Gasteiger partial charge in [0, 0.05) is 12.6 Å². The Hall–Kier alpha value is -1.95. The lowest BCUT2D eigenvalue weighted by molar-refractivity contribution is 0.405. The van der Waals surface area contributed by atoms with Crippen molar-refractivity contribution in [3.63, 3.8) is 0 Å². The van der Waals surface area contributed by atoms with E-state index in [0.29, 0.717) is 5.75 Å². The molecule has 0 aromatic carbocycles. The predicted octanol–water partition coefficient (Wildman–Crippen LogP) is 1.14. The highest BCUT2D eigenvalue weighted by Gasteiger charge is 2.21. The smallest absolute Gasteiger partial charge is 0.161 e. The molecule has 0 saturated heterocycles. The molecule has 19 heavy (non-hydrogen) atoms. The number of rotatable bonds is 4. The highest BCUT2D eigenvalue weighted by atomic mass is 16.5. The number of ether oxygens (including phenoxy) is 1. The van der Waals surface area contributed by atoms with E-state index >= 15 is 0 Å². The number of nitrogens with zero attached hydrogens (tertiary/aromatic N) is 4. The Kier molecular flexibility index (Phi) is 3.80. The summed E-state index contributed by atoms with van der Waals surface area (Å²) in [6.45, 7) is 3.94. The molecule has 2 aromatic rings. The molecule has 6 heteroatoms. The lowest BCUT2D eigenvalue weighted by Gasteiger charge is -2.17. The Morgan fingerprint density at radius 2 is 2.16 bits per heavy atom. The number of aryl methyl sites for hydroxylation is 3. The van der Waals surface area contributed by atoms with E-state index < -0.39 is 0 Å². The molecule has 2 rings (SSSR count). The van der Waals surface area contributed by atoms with Gasteiger partial charge in [0.15, 0.2) is 5.75 Å². The Morgan fingerprint density at radius 3 is 2.79 bits per heavy atom. The van der Waals surface area contributed by atoms with Gasteiger partial charge in [0.1, 0.15) is 5.69 Å². The fourth-order valence-corrected chi connectivity index (χ4v) is 2.16. The summed E-state index contributed by atoms with van der Waals surface area (Å²) in [5.74, 6) is 0.687. The van der Waals surface area contributed by atoms with Crippen molar-refractivity contribution >= 4 is 0 Å². The van der Waals surface area contributed by atoms with Crippen LogP contribution in [-0.2, 0) is 13.5 Å². The first-order chi connectivity index (χ1) is 9.08. The quantitative estimate of drug-likeness (QED) is 0.892. The molecule has 2 N–H and O–H groups in total. The minimum absolute atomic E-state index is 0.327. The number of hydrogen-bond acceptors (Lipinski definition) is 5. The molecule has 0 fully saturated rings. The van der Waals surface area contributed by atoms with Gasteiger partial charge in [-0.3, -0.25) is 4.68 Å². The van der Waals surface area contributed by atoms with Gasteiger partial charge in [0.2, 0.25) is 0 Å². The molecule has 0 aliphatic rings. The van der Waals surface area contributed by atoms with Crippen LogP contribution in [0.15, 0.2) is 12.3 Å². The summed E-state index contributed by atoms with van der Waals surface area (Å²) in [4.78, 5) is 0. The molecule has 0 aliphatic heterocycles. The maximum atomic E-state index is 6.37. The zero-order chi connectivity index (χ0) is 14.0. The van der Waals surface area contributed by atoms with Gasteiger partial charge in [-0.05, 0) is 19.4 Å². The standard InChI is InChI=1S/C13H19N5O/c1-5-10-9(6-8(2)16-17-10)12(14)13-11(19-4)7-15-18(13)3/h6-7,12H,5,14H2,1-4H3. The highest BCUT2D eigenvalue weighted by molar-refractivity contribution is 5.38. The summed E-state index contributed by atoms with van der Waals surface area (Å²) in [5, 5.41) is 12.5. The van der Waals surface area contributed by atoms with Gasteiger partial charge in [-0.2, -0.15) is 15.3 Å². The Morgan fingerprint density at radius 1 is 1.42 bits per heavy atom. The fraction of sp³-hybridized carbons (Fsp3) is 0.462. The topological polar surface area (TPSA) is 78.8 Å². The van der Waals surface area contributed by atoms with Gasteiger partial charge in [0.25, 0.3) is 0 Å². The molecule has 0 radical (unpaired) electrons. The van der Waals surface area contributed by atoms with Gasteiger partial charge in [-0.1, -0.05) is 6.92 Å². The van der Waals surface area contributed by atoms with Crippen LogP contribution in [-0.4, -0.2) is 27.1 Å². The van der Waals surface area contributed by atoms with Gasteiger partial charge in [0.05, 0.1) is 30.7 Å². The lowest BCUT2D eigenvalue weighted by Crippen LogP contribution is -2.19. The normalized spacial score (nSPS) is 12.5. The third kappa shape index (κ3) is 2.44. The molecule has 2 aromatic heterocycles. The van der Waals surface area contributed by atoms with E-state index in [2.05, 4.69) is 15.3 Å². The van der Waals surface area contributed by atoms with Crippen molar-refractivity contribution in [1.29, 1.82) is 0 Å². The minimum Gasteiger partial charge on any atom is -0.493 e. The van der Waals surface area contributed by atoms with Gasteiger partial charge in [-0.15, -0.1) is 0 Å². The summed E-state index contributed by atoms with van der Waals surface area (Å²) >= 11 is 0. The fourth-order valence-electron chi connectivity index (χ4n) is 2.16. The molecule has 1 unspecified atom stereocenters. The largest absolute Gasteiger partial charge is 0.493 e. The monoisotopic (exact) mass is 261 g/mol. The summed E-state index contributed by atoms with van der Waals surface area (Å²) in [6, 6.07) is 1.65. The van der Waals surface area contributed by atoms with Crippen molar-refractivity contribution < 1.29 is 4.74 Å². The lowest BCUT2D eigenvalue weighted by atomic mass is 10.0. The zero-order valence-corrected chi connectivity index (χ0v) is 11.7. The number of hydrogen-bond donors (Lipinski definition) is 1. The molecule has 0 saturated carbocycles. The van der Waals surface area contributed by atoms with Crippen molar-refractivity contribution in [2.45, 2.75) is 26.3 Å². The first-order valence-corrected chi connectivity index (χ1v) is 6.23. The molecule has 0 spiro atoms. The highest BCUT2D eigenvalue weighted by Crippen LogP contribution is 2.29. The second-order valence-electron chi connectivity index (χ2n) is 4.44. The Bertz CT molecular complexity index is 578. The molecule has 102 valence electrons. The van der Waals surface area contributed by atoms with E-state index in [1.165, 1.54) is 0 Å². The van der Waals surface area contributed by atoms with Crippen molar-refractivity contribution in [3.05, 3.63) is 34.9 Å². The van der Waals surface area contributed by atoms with Crippen LogP contribution in [0.5, 0.6) is 5.75 Å². The molecular formula is C13H19N5O. The summed E-state index contributed by atoms with van der Waals surface area (Å²) in [6.07, 6.45) is 2.46. The van der Waals surface area contributed by atoms with Crippen LogP contribution in [0.25, 0.3) is 0 Å². The van der Waals surface area contributed by atoms with Crippen LogP contribution < -0.4 is 10.5 Å². The SMILES string of the molecule is CCc1nnc(C)cc1C(N)c1c(OC)cnn1C. The molecule has 0 aliphatic carbocycles.